The van der Waals surface area contributed by atoms with Gasteiger partial charge in [0, 0.05) is 19.0 Å². The molecule has 2 rings (SSSR count). The Balaban J connectivity index is 2.21. The Bertz CT molecular complexity index is 881. The quantitative estimate of drug-likeness (QED) is 0.235. The maximum atomic E-state index is 13.4. The summed E-state index contributed by atoms with van der Waals surface area (Å²) in [6, 6.07) is 8.01. The van der Waals surface area contributed by atoms with Crippen molar-refractivity contribution in [3.8, 4) is 0 Å². The van der Waals surface area contributed by atoms with E-state index in [-0.39, 0.29) is 25.5 Å². The minimum absolute atomic E-state index is 0.0341. The van der Waals surface area contributed by atoms with Crippen LogP contribution in [0.4, 0.5) is 4.79 Å². The average Bonchev–Trinajstić information content (AvgIpc) is 2.89. The number of benzene rings is 1. The number of rotatable bonds is 7. The first kappa shape index (κ1) is 30.0. The van der Waals surface area contributed by atoms with Crippen LogP contribution >= 0.6 is 0 Å². The Morgan fingerprint density at radius 3 is 2.49 bits per heavy atom. The van der Waals surface area contributed by atoms with E-state index in [2.05, 4.69) is 16.0 Å². The minimum Gasteiger partial charge on any atom is -0.450 e. The summed E-state index contributed by atoms with van der Waals surface area (Å²) in [5.74, 6) is -3.25. The van der Waals surface area contributed by atoms with Gasteiger partial charge in [0.25, 0.3) is 0 Å². The number of aliphatic hydroxyl groups excluding tert-OH is 1. The van der Waals surface area contributed by atoms with Gasteiger partial charge in [-0.2, -0.15) is 0 Å². The molecule has 1 aliphatic rings. The lowest BCUT2D eigenvalue weighted by atomic mass is 9.81. The molecule has 0 saturated carbocycles. The number of cyclic esters (lactones) is 1. The molecule has 37 heavy (non-hydrogen) atoms. The van der Waals surface area contributed by atoms with Crippen molar-refractivity contribution < 1.29 is 34.2 Å². The van der Waals surface area contributed by atoms with E-state index in [0.717, 1.165) is 0 Å². The number of carbonyl (C=O) groups is 4. The third kappa shape index (κ3) is 10.4. The van der Waals surface area contributed by atoms with Crippen LogP contribution in [0.15, 0.2) is 30.3 Å². The molecule has 1 fully saturated rings. The van der Waals surface area contributed by atoms with Crippen LogP contribution in [-0.2, 0) is 19.1 Å². The van der Waals surface area contributed by atoms with Gasteiger partial charge in [-0.1, -0.05) is 44.2 Å². The van der Waals surface area contributed by atoms with Crippen LogP contribution in [-0.4, -0.2) is 59.9 Å². The summed E-state index contributed by atoms with van der Waals surface area (Å²) in [7, 11) is 0. The van der Waals surface area contributed by atoms with Gasteiger partial charge < -0.3 is 25.8 Å². The Hall–Kier alpha value is -3.18. The molecule has 4 atom stereocenters. The molecule has 1 aromatic carbocycles. The van der Waals surface area contributed by atoms with Crippen molar-refractivity contribution in [1.82, 2.24) is 21.4 Å². The Labute approximate surface area is 217 Å². The smallest absolute Gasteiger partial charge is 0.407 e. The number of ether oxygens (including phenoxy) is 1. The first-order valence-corrected chi connectivity index (χ1v) is 12.9. The number of nitrogens with one attached hydrogen (secondary N) is 4. The maximum Gasteiger partial charge on any atom is 0.407 e. The van der Waals surface area contributed by atoms with E-state index in [1.54, 1.807) is 29.7 Å². The van der Waals surface area contributed by atoms with Gasteiger partial charge in [0.1, 0.15) is 6.04 Å². The van der Waals surface area contributed by atoms with Gasteiger partial charge in [-0.15, -0.1) is 0 Å². The molecule has 0 aliphatic carbocycles. The van der Waals surface area contributed by atoms with Crippen LogP contribution in [0.3, 0.4) is 0 Å². The summed E-state index contributed by atoms with van der Waals surface area (Å²) < 4.78 is 5.14. The zero-order chi connectivity index (χ0) is 27.2. The molecule has 1 saturated heterocycles. The highest BCUT2D eigenvalue weighted by Gasteiger charge is 2.35. The van der Waals surface area contributed by atoms with Gasteiger partial charge in [-0.25, -0.2) is 10.3 Å². The topological polar surface area (TPSA) is 166 Å². The van der Waals surface area contributed by atoms with Crippen LogP contribution < -0.4 is 21.4 Å². The standard InChI is InChI=1S/C26H40N4O7/c1-17(2)15-20-19(24(33)30-36)11-8-14-37-26(35)27-13-7-6-12-21(29-23(20)32)25(34)28-16-22(31)18-9-4-3-5-10-18/h3-5,9-10,17,19-22,31,36H,6-8,11-16H2,1-2H3,(H,27,35)(H,28,34)(H,29,32)(H,30,33)/t19-,20+,21-,22?/m0/s1. The maximum absolute atomic E-state index is 13.4. The third-order valence-electron chi connectivity index (χ3n) is 6.36. The normalized spacial score (nSPS) is 22.9. The predicted octanol–water partition coefficient (Wildman–Crippen LogP) is 1.80. The molecule has 4 amide bonds. The predicted molar refractivity (Wildman–Crippen MR) is 135 cm³/mol. The number of hydroxylamine groups is 1. The molecule has 1 aromatic rings. The van der Waals surface area contributed by atoms with Crippen molar-refractivity contribution in [2.45, 2.75) is 64.5 Å². The number of alkyl carbamates (subject to hydrolysis) is 1. The highest BCUT2D eigenvalue weighted by Crippen LogP contribution is 2.26. The molecule has 0 radical (unpaired) electrons. The number of aliphatic hydroxyl groups is 1. The monoisotopic (exact) mass is 520 g/mol. The molecule has 11 nitrogen and oxygen atoms in total. The fraction of sp³-hybridized carbons (Fsp3) is 0.615. The van der Waals surface area contributed by atoms with Gasteiger partial charge in [-0.05, 0) is 50.0 Å². The van der Waals surface area contributed by atoms with Gasteiger partial charge >= 0.3 is 6.09 Å². The van der Waals surface area contributed by atoms with Gasteiger partial charge in [0.2, 0.25) is 17.7 Å². The molecule has 1 unspecified atom stereocenters. The minimum atomic E-state index is -0.912. The molecule has 0 spiro atoms. The van der Waals surface area contributed by atoms with E-state index in [4.69, 9.17) is 4.74 Å². The average molecular weight is 521 g/mol. The zero-order valence-electron chi connectivity index (χ0n) is 21.6. The lowest BCUT2D eigenvalue weighted by molar-refractivity contribution is -0.142. The van der Waals surface area contributed by atoms with Crippen LogP contribution in [0.1, 0.15) is 64.0 Å². The lowest BCUT2D eigenvalue weighted by Crippen LogP contribution is -2.51. The summed E-state index contributed by atoms with van der Waals surface area (Å²) in [4.78, 5) is 50.9. The fourth-order valence-electron chi connectivity index (χ4n) is 4.40. The van der Waals surface area contributed by atoms with Crippen LogP contribution in [0.25, 0.3) is 0 Å². The number of hydrogen-bond donors (Lipinski definition) is 6. The van der Waals surface area contributed by atoms with E-state index in [1.165, 1.54) is 0 Å². The van der Waals surface area contributed by atoms with Crippen molar-refractivity contribution in [2.75, 3.05) is 19.7 Å². The summed E-state index contributed by atoms with van der Waals surface area (Å²) in [6.07, 6.45) is 0.758. The van der Waals surface area contributed by atoms with E-state index >= 15 is 0 Å². The third-order valence-corrected chi connectivity index (χ3v) is 6.36. The summed E-state index contributed by atoms with van der Waals surface area (Å²) in [5.41, 5.74) is 2.30. The molecule has 6 N–H and O–H groups in total. The number of hydrogen-bond acceptors (Lipinski definition) is 7. The van der Waals surface area contributed by atoms with Crippen molar-refractivity contribution in [2.24, 2.45) is 17.8 Å². The first-order chi connectivity index (χ1) is 17.7. The van der Waals surface area contributed by atoms with E-state index < -0.39 is 47.8 Å². The molecule has 0 bridgehead atoms. The Morgan fingerprint density at radius 2 is 1.81 bits per heavy atom. The summed E-state index contributed by atoms with van der Waals surface area (Å²) in [6.45, 7) is 4.21. The Kier molecular flexibility index (Phi) is 12.9. The van der Waals surface area contributed by atoms with Gasteiger partial charge in [-0.3, -0.25) is 19.6 Å². The van der Waals surface area contributed by atoms with Crippen molar-refractivity contribution in [3.63, 3.8) is 0 Å². The molecule has 1 aliphatic heterocycles. The number of amides is 4. The molecule has 206 valence electrons. The second-order valence-electron chi connectivity index (χ2n) is 9.75. The number of carbonyl (C=O) groups excluding carboxylic acids is 4. The molecule has 11 heteroatoms. The highest BCUT2D eigenvalue weighted by atomic mass is 16.5. The molecular weight excluding hydrogens is 480 g/mol. The first-order valence-electron chi connectivity index (χ1n) is 12.9. The zero-order valence-corrected chi connectivity index (χ0v) is 21.6. The van der Waals surface area contributed by atoms with Crippen LogP contribution in [0.5, 0.6) is 0 Å². The van der Waals surface area contributed by atoms with E-state index in [1.807, 2.05) is 19.9 Å². The lowest BCUT2D eigenvalue weighted by Gasteiger charge is -2.28. The molecule has 0 aromatic heterocycles. The second kappa shape index (κ2) is 15.8. The van der Waals surface area contributed by atoms with Gasteiger partial charge in [0.05, 0.1) is 18.6 Å². The highest BCUT2D eigenvalue weighted by molar-refractivity contribution is 5.91. The second-order valence-corrected chi connectivity index (χ2v) is 9.75. The van der Waals surface area contributed by atoms with Crippen molar-refractivity contribution in [3.05, 3.63) is 35.9 Å². The van der Waals surface area contributed by atoms with E-state index in [9.17, 15) is 29.5 Å². The Morgan fingerprint density at radius 1 is 1.08 bits per heavy atom. The fourth-order valence-corrected chi connectivity index (χ4v) is 4.40. The van der Waals surface area contributed by atoms with E-state index in [0.29, 0.717) is 44.2 Å². The van der Waals surface area contributed by atoms with Gasteiger partial charge in [0.15, 0.2) is 0 Å². The largest absolute Gasteiger partial charge is 0.450 e. The summed E-state index contributed by atoms with van der Waals surface area (Å²) in [5, 5.41) is 27.9. The SMILES string of the molecule is CC(C)C[C@H]1C(=O)N[C@H](C(=O)NCC(O)c2ccccc2)CCCCNC(=O)OCCC[C@@H]1C(=O)NO. The van der Waals surface area contributed by atoms with Crippen molar-refractivity contribution in [1.29, 1.82) is 0 Å². The summed E-state index contributed by atoms with van der Waals surface area (Å²) >= 11 is 0. The molecule has 1 heterocycles. The van der Waals surface area contributed by atoms with Crippen molar-refractivity contribution >= 4 is 23.8 Å². The van der Waals surface area contributed by atoms with Crippen LogP contribution in [0.2, 0.25) is 0 Å². The molecular formula is C26H40N4O7. The van der Waals surface area contributed by atoms with Crippen LogP contribution in [0, 0.1) is 17.8 Å².